The number of rotatable bonds is 3. The smallest absolute Gasteiger partial charge is 0.123 e. The van der Waals surface area contributed by atoms with Crippen molar-refractivity contribution in [2.45, 2.75) is 18.9 Å². The molecule has 0 saturated heterocycles. The number of halogens is 1. The summed E-state index contributed by atoms with van der Waals surface area (Å²) in [6.45, 7) is 1.77. The molecule has 18 heavy (non-hydrogen) atoms. The summed E-state index contributed by atoms with van der Waals surface area (Å²) in [6.07, 6.45) is 2.12. The molecule has 1 unspecified atom stereocenters. The number of aromatic nitrogens is 1. The largest absolute Gasteiger partial charge is 0.385 e. The summed E-state index contributed by atoms with van der Waals surface area (Å²) in [7, 11) is 0. The Balaban J connectivity index is 2.23. The lowest BCUT2D eigenvalue weighted by atomic mass is 9.89. The van der Waals surface area contributed by atoms with Crippen molar-refractivity contribution >= 4 is 17.4 Å². The first-order chi connectivity index (χ1) is 8.47. The summed E-state index contributed by atoms with van der Waals surface area (Å²) in [5.74, 6) is 0.458. The fraction of sp³-hybridized carbons (Fsp3) is 0.214. The second kappa shape index (κ2) is 4.96. The molecule has 2 rings (SSSR count). The van der Waals surface area contributed by atoms with Gasteiger partial charge in [0.25, 0.3) is 0 Å². The Morgan fingerprint density at radius 2 is 1.94 bits per heavy atom. The molecule has 0 bridgehead atoms. The highest BCUT2D eigenvalue weighted by atomic mass is 35.5. The van der Waals surface area contributed by atoms with Crippen molar-refractivity contribution in [2.75, 3.05) is 5.73 Å². The maximum atomic E-state index is 10.5. The Morgan fingerprint density at radius 1 is 1.28 bits per heavy atom. The maximum absolute atomic E-state index is 10.5. The SMILES string of the molecule is CC(O)(Cc1ccnc(N)c1)c1ccc(Cl)cc1. The Hall–Kier alpha value is -1.58. The van der Waals surface area contributed by atoms with Crippen LogP contribution in [0.5, 0.6) is 0 Å². The van der Waals surface area contributed by atoms with Crippen LogP contribution in [0, 0.1) is 0 Å². The summed E-state index contributed by atoms with van der Waals surface area (Å²) in [5, 5.41) is 11.2. The highest BCUT2D eigenvalue weighted by Gasteiger charge is 2.23. The number of nitrogen functional groups attached to an aromatic ring is 1. The third-order valence-corrected chi connectivity index (χ3v) is 3.11. The van der Waals surface area contributed by atoms with Crippen LogP contribution in [0.25, 0.3) is 0 Å². The summed E-state index contributed by atoms with van der Waals surface area (Å²) in [6, 6.07) is 10.8. The van der Waals surface area contributed by atoms with Gasteiger partial charge in [-0.1, -0.05) is 23.7 Å². The normalized spacial score (nSPS) is 14.2. The van der Waals surface area contributed by atoms with E-state index in [4.69, 9.17) is 17.3 Å². The molecule has 0 aliphatic carbocycles. The van der Waals surface area contributed by atoms with E-state index in [0.29, 0.717) is 17.3 Å². The van der Waals surface area contributed by atoms with E-state index in [-0.39, 0.29) is 0 Å². The number of hydrogen-bond acceptors (Lipinski definition) is 3. The minimum atomic E-state index is -0.960. The Morgan fingerprint density at radius 3 is 2.56 bits per heavy atom. The Bertz CT molecular complexity index is 538. The van der Waals surface area contributed by atoms with Crippen molar-refractivity contribution < 1.29 is 5.11 Å². The summed E-state index contributed by atoms with van der Waals surface area (Å²) >= 11 is 5.84. The van der Waals surface area contributed by atoms with Gasteiger partial charge in [0, 0.05) is 17.6 Å². The molecule has 2 aromatic rings. The highest BCUT2D eigenvalue weighted by Crippen LogP contribution is 2.26. The molecule has 1 atom stereocenters. The third kappa shape index (κ3) is 3.00. The van der Waals surface area contributed by atoms with Crippen molar-refractivity contribution in [3.63, 3.8) is 0 Å². The molecule has 0 fully saturated rings. The first kappa shape index (κ1) is 12.9. The minimum absolute atomic E-state index is 0.458. The number of hydrogen-bond donors (Lipinski definition) is 2. The zero-order valence-corrected chi connectivity index (χ0v) is 10.9. The van der Waals surface area contributed by atoms with Gasteiger partial charge in [-0.05, 0) is 42.3 Å². The van der Waals surface area contributed by atoms with E-state index in [2.05, 4.69) is 4.98 Å². The number of anilines is 1. The van der Waals surface area contributed by atoms with E-state index in [9.17, 15) is 5.11 Å². The fourth-order valence-electron chi connectivity index (χ4n) is 1.91. The van der Waals surface area contributed by atoms with Crippen molar-refractivity contribution in [1.82, 2.24) is 4.98 Å². The summed E-state index contributed by atoms with van der Waals surface area (Å²) in [4.78, 5) is 3.93. The van der Waals surface area contributed by atoms with Crippen molar-refractivity contribution in [3.05, 3.63) is 58.7 Å². The average molecular weight is 263 g/mol. The number of nitrogens with two attached hydrogens (primary N) is 1. The molecule has 94 valence electrons. The molecule has 1 heterocycles. The quantitative estimate of drug-likeness (QED) is 0.894. The molecule has 0 spiro atoms. The van der Waals surface area contributed by atoms with Crippen LogP contribution < -0.4 is 5.73 Å². The lowest BCUT2D eigenvalue weighted by Gasteiger charge is -2.24. The summed E-state index contributed by atoms with van der Waals surface area (Å²) < 4.78 is 0. The molecule has 0 aliphatic rings. The van der Waals surface area contributed by atoms with Gasteiger partial charge in [-0.3, -0.25) is 0 Å². The van der Waals surface area contributed by atoms with Crippen LogP contribution in [0.2, 0.25) is 5.02 Å². The van der Waals surface area contributed by atoms with Gasteiger partial charge in [0.05, 0.1) is 5.60 Å². The van der Waals surface area contributed by atoms with Crippen LogP contribution in [0.4, 0.5) is 5.82 Å². The van der Waals surface area contributed by atoms with Crippen molar-refractivity contribution in [2.24, 2.45) is 0 Å². The third-order valence-electron chi connectivity index (χ3n) is 2.86. The first-order valence-electron chi connectivity index (χ1n) is 5.66. The molecule has 1 aromatic carbocycles. The van der Waals surface area contributed by atoms with Crippen LogP contribution >= 0.6 is 11.6 Å². The van der Waals surface area contributed by atoms with Gasteiger partial charge in [-0.15, -0.1) is 0 Å². The van der Waals surface area contributed by atoms with E-state index in [1.807, 2.05) is 18.2 Å². The van der Waals surface area contributed by atoms with Gasteiger partial charge in [-0.2, -0.15) is 0 Å². The van der Waals surface area contributed by atoms with E-state index in [1.54, 1.807) is 31.3 Å². The average Bonchev–Trinajstić information content (AvgIpc) is 2.29. The molecule has 0 radical (unpaired) electrons. The fourth-order valence-corrected chi connectivity index (χ4v) is 2.04. The minimum Gasteiger partial charge on any atom is -0.385 e. The van der Waals surface area contributed by atoms with E-state index in [0.717, 1.165) is 11.1 Å². The Labute approximate surface area is 111 Å². The maximum Gasteiger partial charge on any atom is 0.123 e. The highest BCUT2D eigenvalue weighted by molar-refractivity contribution is 6.30. The van der Waals surface area contributed by atoms with Gasteiger partial charge in [-0.25, -0.2) is 4.98 Å². The molecule has 1 aromatic heterocycles. The predicted octanol–water partition coefficient (Wildman–Crippen LogP) is 2.77. The second-order valence-electron chi connectivity index (χ2n) is 4.55. The van der Waals surface area contributed by atoms with Crippen LogP contribution in [0.1, 0.15) is 18.1 Å². The number of benzene rings is 1. The van der Waals surface area contributed by atoms with E-state index >= 15 is 0 Å². The van der Waals surface area contributed by atoms with Crippen LogP contribution in [-0.2, 0) is 12.0 Å². The number of aliphatic hydroxyl groups is 1. The van der Waals surface area contributed by atoms with E-state index < -0.39 is 5.60 Å². The first-order valence-corrected chi connectivity index (χ1v) is 6.04. The van der Waals surface area contributed by atoms with Gasteiger partial charge in [0.2, 0.25) is 0 Å². The predicted molar refractivity (Wildman–Crippen MR) is 73.4 cm³/mol. The molecule has 0 amide bonds. The summed E-state index contributed by atoms with van der Waals surface area (Å²) in [5.41, 5.74) is 6.43. The molecule has 3 N–H and O–H groups in total. The standard InChI is InChI=1S/C14H15ClN2O/c1-14(18,11-2-4-12(15)5-3-11)9-10-6-7-17-13(16)8-10/h2-8,18H,9H2,1H3,(H2,16,17). The number of pyridine rings is 1. The molecule has 4 heteroatoms. The topological polar surface area (TPSA) is 59.1 Å². The Kier molecular flexibility index (Phi) is 3.55. The van der Waals surface area contributed by atoms with Crippen LogP contribution in [0.3, 0.4) is 0 Å². The van der Waals surface area contributed by atoms with E-state index in [1.165, 1.54) is 0 Å². The second-order valence-corrected chi connectivity index (χ2v) is 4.98. The zero-order chi connectivity index (χ0) is 13.2. The zero-order valence-electron chi connectivity index (χ0n) is 10.1. The lowest BCUT2D eigenvalue weighted by molar-refractivity contribution is 0.0576. The molecule has 3 nitrogen and oxygen atoms in total. The lowest BCUT2D eigenvalue weighted by Crippen LogP contribution is -2.24. The van der Waals surface area contributed by atoms with Gasteiger partial charge >= 0.3 is 0 Å². The number of nitrogens with zero attached hydrogens (tertiary/aromatic N) is 1. The van der Waals surface area contributed by atoms with Crippen LogP contribution in [-0.4, -0.2) is 10.1 Å². The van der Waals surface area contributed by atoms with Crippen molar-refractivity contribution in [1.29, 1.82) is 0 Å². The molecular weight excluding hydrogens is 248 g/mol. The molecule has 0 aliphatic heterocycles. The van der Waals surface area contributed by atoms with Gasteiger partial charge in [0.1, 0.15) is 5.82 Å². The van der Waals surface area contributed by atoms with Gasteiger partial charge in [0.15, 0.2) is 0 Å². The van der Waals surface area contributed by atoms with Gasteiger partial charge < -0.3 is 10.8 Å². The monoisotopic (exact) mass is 262 g/mol. The molecule has 0 saturated carbocycles. The molecular formula is C14H15ClN2O. The van der Waals surface area contributed by atoms with Crippen molar-refractivity contribution in [3.8, 4) is 0 Å². The van der Waals surface area contributed by atoms with Crippen LogP contribution in [0.15, 0.2) is 42.6 Å².